The van der Waals surface area contributed by atoms with Crippen molar-refractivity contribution in [2.24, 2.45) is 0 Å². The van der Waals surface area contributed by atoms with Crippen molar-refractivity contribution in [2.45, 2.75) is 13.8 Å². The molecule has 0 bridgehead atoms. The molecule has 2 heterocycles. The summed E-state index contributed by atoms with van der Waals surface area (Å²) < 4.78 is 0. The molecule has 2 rings (SSSR count). The van der Waals surface area contributed by atoms with Crippen molar-refractivity contribution in [2.75, 3.05) is 17.2 Å². The lowest BCUT2D eigenvalue weighted by molar-refractivity contribution is 1.12. The first-order chi connectivity index (χ1) is 8.28. The average Bonchev–Trinajstić information content (AvgIpc) is 2.35. The van der Waals surface area contributed by atoms with Gasteiger partial charge >= 0.3 is 0 Å². The van der Waals surface area contributed by atoms with Gasteiger partial charge in [-0.2, -0.15) is 0 Å². The Morgan fingerprint density at radius 2 is 1.82 bits per heavy atom. The summed E-state index contributed by atoms with van der Waals surface area (Å²) in [7, 11) is 0. The molecule has 5 nitrogen and oxygen atoms in total. The molecule has 0 atom stereocenters. The third-order valence-electron chi connectivity index (χ3n) is 2.16. The van der Waals surface area contributed by atoms with E-state index in [2.05, 4.69) is 25.6 Å². The fourth-order valence-corrected chi connectivity index (χ4v) is 1.34. The predicted molar refractivity (Wildman–Crippen MR) is 68.5 cm³/mol. The van der Waals surface area contributed by atoms with Crippen LogP contribution in [0.4, 0.5) is 17.5 Å². The largest absolute Gasteiger partial charge is 0.370 e. The molecule has 2 N–H and O–H groups in total. The third-order valence-corrected chi connectivity index (χ3v) is 2.16. The van der Waals surface area contributed by atoms with Crippen molar-refractivity contribution < 1.29 is 0 Å². The van der Waals surface area contributed by atoms with Gasteiger partial charge < -0.3 is 10.6 Å². The second kappa shape index (κ2) is 5.25. The van der Waals surface area contributed by atoms with Crippen LogP contribution in [0.3, 0.4) is 0 Å². The molecule has 88 valence electrons. The van der Waals surface area contributed by atoms with E-state index in [9.17, 15) is 0 Å². The summed E-state index contributed by atoms with van der Waals surface area (Å²) in [6.45, 7) is 4.85. The van der Waals surface area contributed by atoms with E-state index in [-0.39, 0.29) is 0 Å². The lowest BCUT2D eigenvalue weighted by Gasteiger charge is -2.06. The second-order valence-electron chi connectivity index (χ2n) is 3.67. The van der Waals surface area contributed by atoms with E-state index in [1.165, 1.54) is 0 Å². The Morgan fingerprint density at radius 3 is 2.41 bits per heavy atom. The summed E-state index contributed by atoms with van der Waals surface area (Å²) in [5, 5.41) is 6.22. The molecule has 0 saturated heterocycles. The Morgan fingerprint density at radius 1 is 1.06 bits per heavy atom. The van der Waals surface area contributed by atoms with E-state index < -0.39 is 0 Å². The molecule has 0 aliphatic carbocycles. The van der Waals surface area contributed by atoms with E-state index in [1.54, 1.807) is 18.6 Å². The molecule has 2 aromatic rings. The first-order valence-electron chi connectivity index (χ1n) is 5.53. The van der Waals surface area contributed by atoms with Crippen molar-refractivity contribution in [3.8, 4) is 0 Å². The van der Waals surface area contributed by atoms with Gasteiger partial charge in [0.25, 0.3) is 0 Å². The van der Waals surface area contributed by atoms with E-state index in [0.29, 0.717) is 5.95 Å². The summed E-state index contributed by atoms with van der Waals surface area (Å²) in [6.07, 6.45) is 5.30. The van der Waals surface area contributed by atoms with Gasteiger partial charge in [-0.05, 0) is 31.5 Å². The van der Waals surface area contributed by atoms with E-state index >= 15 is 0 Å². The number of anilines is 3. The quantitative estimate of drug-likeness (QED) is 0.842. The van der Waals surface area contributed by atoms with Gasteiger partial charge in [0.2, 0.25) is 5.95 Å². The van der Waals surface area contributed by atoms with Gasteiger partial charge in [0.05, 0.1) is 11.9 Å². The SMILES string of the molecule is CCNc1ccc(Nc2ncc(C)cn2)cn1. The lowest BCUT2D eigenvalue weighted by Crippen LogP contribution is -2.00. The Bertz CT molecular complexity index is 463. The lowest BCUT2D eigenvalue weighted by atomic mass is 10.4. The van der Waals surface area contributed by atoms with Crippen LogP contribution >= 0.6 is 0 Å². The molecule has 0 fully saturated rings. The smallest absolute Gasteiger partial charge is 0.227 e. The van der Waals surface area contributed by atoms with Crippen molar-refractivity contribution in [3.63, 3.8) is 0 Å². The van der Waals surface area contributed by atoms with Crippen molar-refractivity contribution in [3.05, 3.63) is 36.3 Å². The van der Waals surface area contributed by atoms with Crippen molar-refractivity contribution in [1.82, 2.24) is 15.0 Å². The molecule has 2 aromatic heterocycles. The minimum atomic E-state index is 0.577. The summed E-state index contributed by atoms with van der Waals surface area (Å²) in [4.78, 5) is 12.6. The summed E-state index contributed by atoms with van der Waals surface area (Å²) in [6, 6.07) is 3.86. The molecule has 0 saturated carbocycles. The van der Waals surface area contributed by atoms with Crippen molar-refractivity contribution in [1.29, 1.82) is 0 Å². The minimum absolute atomic E-state index is 0.577. The Labute approximate surface area is 100 Å². The number of pyridine rings is 1. The van der Waals surface area contributed by atoms with Crippen LogP contribution in [0.25, 0.3) is 0 Å². The molecule has 0 aliphatic rings. The Kier molecular flexibility index (Phi) is 3.49. The standard InChI is InChI=1S/C12H15N5/c1-3-13-11-5-4-10(8-14-11)17-12-15-6-9(2)7-16-12/h4-8H,3H2,1-2H3,(H,13,14)(H,15,16,17). The van der Waals surface area contributed by atoms with Gasteiger partial charge in [-0.25, -0.2) is 15.0 Å². The first kappa shape index (κ1) is 11.3. The minimum Gasteiger partial charge on any atom is -0.370 e. The van der Waals surface area contributed by atoms with Crippen LogP contribution in [0.15, 0.2) is 30.7 Å². The van der Waals surface area contributed by atoms with Crippen LogP contribution in [0.1, 0.15) is 12.5 Å². The molecule has 0 radical (unpaired) electrons. The fraction of sp³-hybridized carbons (Fsp3) is 0.250. The van der Waals surface area contributed by atoms with Gasteiger partial charge in [0, 0.05) is 18.9 Å². The highest BCUT2D eigenvalue weighted by Crippen LogP contribution is 2.13. The molecular formula is C12H15N5. The van der Waals surface area contributed by atoms with E-state index in [4.69, 9.17) is 0 Å². The number of hydrogen-bond acceptors (Lipinski definition) is 5. The zero-order valence-corrected chi connectivity index (χ0v) is 9.94. The van der Waals surface area contributed by atoms with Crippen LogP contribution in [0.2, 0.25) is 0 Å². The maximum Gasteiger partial charge on any atom is 0.227 e. The number of nitrogens with one attached hydrogen (secondary N) is 2. The summed E-state index contributed by atoms with van der Waals surface area (Å²) in [5.41, 5.74) is 1.91. The number of aromatic nitrogens is 3. The molecule has 0 unspecified atom stereocenters. The molecule has 0 aromatic carbocycles. The van der Waals surface area contributed by atoms with Crippen LogP contribution in [0.5, 0.6) is 0 Å². The highest BCUT2D eigenvalue weighted by molar-refractivity contribution is 5.54. The topological polar surface area (TPSA) is 62.7 Å². The predicted octanol–water partition coefficient (Wildman–Crippen LogP) is 2.36. The van der Waals surface area contributed by atoms with E-state index in [1.807, 2.05) is 26.0 Å². The second-order valence-corrected chi connectivity index (χ2v) is 3.67. The highest BCUT2D eigenvalue weighted by atomic mass is 15.1. The maximum absolute atomic E-state index is 4.25. The molecule has 17 heavy (non-hydrogen) atoms. The van der Waals surface area contributed by atoms with Crippen molar-refractivity contribution >= 4 is 17.5 Å². The summed E-state index contributed by atoms with van der Waals surface area (Å²) >= 11 is 0. The van der Waals surface area contributed by atoms with Gasteiger partial charge in [-0.15, -0.1) is 0 Å². The number of nitrogens with zero attached hydrogens (tertiary/aromatic N) is 3. The normalized spacial score (nSPS) is 10.0. The van der Waals surface area contributed by atoms with Crippen LogP contribution in [-0.4, -0.2) is 21.5 Å². The van der Waals surface area contributed by atoms with E-state index in [0.717, 1.165) is 23.6 Å². The number of aryl methyl sites for hydroxylation is 1. The monoisotopic (exact) mass is 229 g/mol. The van der Waals surface area contributed by atoms with Gasteiger partial charge in [-0.1, -0.05) is 0 Å². The van der Waals surface area contributed by atoms with Crippen LogP contribution in [-0.2, 0) is 0 Å². The average molecular weight is 229 g/mol. The first-order valence-corrected chi connectivity index (χ1v) is 5.53. The molecule has 0 spiro atoms. The Hall–Kier alpha value is -2.17. The molecule has 0 aliphatic heterocycles. The molecular weight excluding hydrogens is 214 g/mol. The summed E-state index contributed by atoms with van der Waals surface area (Å²) in [5.74, 6) is 1.44. The maximum atomic E-state index is 4.25. The van der Waals surface area contributed by atoms with Crippen LogP contribution in [0, 0.1) is 6.92 Å². The Balaban J connectivity index is 2.05. The zero-order valence-electron chi connectivity index (χ0n) is 9.94. The highest BCUT2D eigenvalue weighted by Gasteiger charge is 1.98. The fourth-order valence-electron chi connectivity index (χ4n) is 1.34. The van der Waals surface area contributed by atoms with Gasteiger partial charge in [-0.3, -0.25) is 0 Å². The van der Waals surface area contributed by atoms with Gasteiger partial charge in [0.1, 0.15) is 5.82 Å². The number of hydrogen-bond donors (Lipinski definition) is 2. The third kappa shape index (κ3) is 3.14. The zero-order chi connectivity index (χ0) is 12.1. The molecule has 5 heteroatoms. The molecule has 0 amide bonds. The van der Waals surface area contributed by atoms with Crippen LogP contribution < -0.4 is 10.6 Å². The van der Waals surface area contributed by atoms with Gasteiger partial charge in [0.15, 0.2) is 0 Å². The number of rotatable bonds is 4.